The molecule has 282 valence electrons. The van der Waals surface area contributed by atoms with E-state index in [1.807, 2.05) is 0 Å². The number of H-pyrrole nitrogens is 1. The number of aromatic nitrogens is 7. The summed E-state index contributed by atoms with van der Waals surface area (Å²) in [5.74, 6) is -1.84. The fraction of sp³-hybridized carbons (Fsp3) is 0.312. The Balaban J connectivity index is 1.08. The molecule has 0 aliphatic carbocycles. The summed E-state index contributed by atoms with van der Waals surface area (Å²) in [6.07, 6.45) is -4.48. The van der Waals surface area contributed by atoms with Crippen molar-refractivity contribution in [2.24, 2.45) is 0 Å². The summed E-state index contributed by atoms with van der Waals surface area (Å²) in [4.78, 5) is 79.6. The third kappa shape index (κ3) is 8.05. The summed E-state index contributed by atoms with van der Waals surface area (Å²) in [6.45, 7) is -1.07. The van der Waals surface area contributed by atoms with E-state index in [1.165, 1.54) is 23.0 Å². The maximum absolute atomic E-state index is 13.5. The lowest BCUT2D eigenvalue weighted by Gasteiger charge is -2.23. The van der Waals surface area contributed by atoms with Crippen molar-refractivity contribution in [2.75, 3.05) is 24.7 Å². The van der Waals surface area contributed by atoms with E-state index in [2.05, 4.69) is 24.9 Å². The van der Waals surface area contributed by atoms with Crippen molar-refractivity contribution in [1.29, 1.82) is 0 Å². The number of nitrogens with two attached hydrogens (primary N) is 2. The number of imidazole rings is 1. The highest BCUT2D eigenvalue weighted by Gasteiger charge is 2.45. The van der Waals surface area contributed by atoms with Gasteiger partial charge in [0, 0.05) is 12.8 Å². The third-order valence-electron chi connectivity index (χ3n) is 8.50. The van der Waals surface area contributed by atoms with Crippen LogP contribution in [-0.2, 0) is 32.6 Å². The fourth-order valence-corrected chi connectivity index (χ4v) is 6.91. The molecule has 2 aliphatic heterocycles. The van der Waals surface area contributed by atoms with Crippen molar-refractivity contribution in [3.8, 4) is 0 Å². The van der Waals surface area contributed by atoms with E-state index in [9.17, 15) is 28.6 Å². The molecule has 0 spiro atoms. The Kier molecular flexibility index (Phi) is 10.3. The zero-order valence-electron chi connectivity index (χ0n) is 27.9. The molecule has 7 rings (SSSR count). The van der Waals surface area contributed by atoms with Gasteiger partial charge in [0.15, 0.2) is 11.2 Å². The topological polar surface area (TPSA) is 290 Å². The van der Waals surface area contributed by atoms with Gasteiger partial charge in [-0.2, -0.15) is 9.97 Å². The van der Waals surface area contributed by atoms with Crippen molar-refractivity contribution in [3.05, 3.63) is 105 Å². The van der Waals surface area contributed by atoms with E-state index < -0.39 is 81.1 Å². The number of ether oxygens (including phenoxy) is 4. The number of aromatic amines is 1. The quantitative estimate of drug-likeness (QED) is 0.102. The van der Waals surface area contributed by atoms with Crippen molar-refractivity contribution in [3.63, 3.8) is 0 Å². The minimum Gasteiger partial charge on any atom is -0.459 e. The van der Waals surface area contributed by atoms with Crippen LogP contribution in [0.5, 0.6) is 0 Å². The minimum atomic E-state index is -5.00. The highest BCUT2D eigenvalue weighted by molar-refractivity contribution is 7.47. The van der Waals surface area contributed by atoms with E-state index in [-0.39, 0.29) is 47.0 Å². The Labute approximate surface area is 303 Å². The Morgan fingerprint density at radius 3 is 2.15 bits per heavy atom. The van der Waals surface area contributed by atoms with Gasteiger partial charge in [-0.25, -0.2) is 28.9 Å². The lowest BCUT2D eigenvalue weighted by atomic mass is 10.1. The second-order valence-electron chi connectivity index (χ2n) is 12.1. The van der Waals surface area contributed by atoms with Crippen LogP contribution >= 0.6 is 7.82 Å². The van der Waals surface area contributed by atoms with Crippen molar-refractivity contribution >= 4 is 42.8 Å². The number of rotatable bonds is 12. The molecule has 0 amide bonds. The van der Waals surface area contributed by atoms with Crippen LogP contribution in [0, 0.1) is 0 Å². The number of hydrogen-bond acceptors (Lipinski definition) is 17. The van der Waals surface area contributed by atoms with Crippen LogP contribution in [0.2, 0.25) is 0 Å². The molecule has 0 saturated carbocycles. The molecule has 2 fully saturated rings. The molecule has 22 heteroatoms. The van der Waals surface area contributed by atoms with Crippen LogP contribution in [0.1, 0.15) is 46.0 Å². The maximum Gasteiger partial charge on any atom is 0.472 e. The molecule has 2 aromatic carbocycles. The first-order valence-corrected chi connectivity index (χ1v) is 17.8. The smallest absolute Gasteiger partial charge is 0.459 e. The molecule has 0 radical (unpaired) electrons. The van der Waals surface area contributed by atoms with Crippen LogP contribution in [0.15, 0.2) is 82.9 Å². The Bertz CT molecular complexity index is 2320. The zero-order chi connectivity index (χ0) is 38.0. The molecule has 2 aliphatic rings. The average molecular weight is 766 g/mol. The number of nitrogens with one attached hydrogen (secondary N) is 1. The number of carbonyl (C=O) groups excluding carboxylic acids is 2. The van der Waals surface area contributed by atoms with Crippen molar-refractivity contribution in [2.45, 2.75) is 49.7 Å². The highest BCUT2D eigenvalue weighted by atomic mass is 31.2. The van der Waals surface area contributed by atoms with Crippen LogP contribution < -0.4 is 22.7 Å². The first-order chi connectivity index (χ1) is 25.9. The molecule has 5 aromatic rings. The summed E-state index contributed by atoms with van der Waals surface area (Å²) >= 11 is 0. The summed E-state index contributed by atoms with van der Waals surface area (Å²) in [7, 11) is -5.00. The van der Waals surface area contributed by atoms with Gasteiger partial charge in [-0.1, -0.05) is 36.4 Å². The first kappa shape index (κ1) is 36.5. The molecular weight excluding hydrogens is 733 g/mol. The molecule has 2 saturated heterocycles. The van der Waals surface area contributed by atoms with E-state index in [4.69, 9.17) is 39.5 Å². The monoisotopic (exact) mass is 765 g/mol. The molecular formula is C32H32N9O12P. The van der Waals surface area contributed by atoms with Gasteiger partial charge in [-0.15, -0.1) is 0 Å². The fourth-order valence-electron chi connectivity index (χ4n) is 5.95. The summed E-state index contributed by atoms with van der Waals surface area (Å²) in [5.41, 5.74) is 10.4. The average Bonchev–Trinajstić information content (AvgIpc) is 3.87. The number of phosphoric ester groups is 1. The van der Waals surface area contributed by atoms with Gasteiger partial charge in [-0.3, -0.25) is 28.0 Å². The Hall–Kier alpha value is -5.83. The zero-order valence-corrected chi connectivity index (χ0v) is 28.8. The lowest BCUT2D eigenvalue weighted by Crippen LogP contribution is -2.32. The van der Waals surface area contributed by atoms with E-state index in [1.54, 1.807) is 48.5 Å². The van der Waals surface area contributed by atoms with Crippen LogP contribution in [0.3, 0.4) is 0 Å². The number of carbonyl (C=O) groups is 2. The normalized spacial score (nSPS) is 23.6. The Morgan fingerprint density at radius 1 is 0.852 bits per heavy atom. The van der Waals surface area contributed by atoms with Gasteiger partial charge in [0.05, 0.1) is 24.1 Å². The van der Waals surface area contributed by atoms with Gasteiger partial charge in [0.1, 0.15) is 49.8 Å². The SMILES string of the molecule is Nc1ncn([C@H]2C[C@@H](OP(=O)(O)OC[C@H]3O[C@@H](n4cnc5c(=O)[nH]c(N)nc54)C[C@H]3OC(=O)c3ccccc3)[C@@H](COC(=O)c3ccccc3)O2)c(=O)n1. The number of nitrogens with zero attached hydrogens (tertiary/aromatic N) is 6. The molecule has 3 aromatic heterocycles. The van der Waals surface area contributed by atoms with Crippen LogP contribution in [0.25, 0.3) is 11.2 Å². The highest BCUT2D eigenvalue weighted by Crippen LogP contribution is 2.49. The molecule has 54 heavy (non-hydrogen) atoms. The van der Waals surface area contributed by atoms with Gasteiger partial charge < -0.3 is 35.3 Å². The van der Waals surface area contributed by atoms with E-state index in [0.29, 0.717) is 0 Å². The lowest BCUT2D eigenvalue weighted by molar-refractivity contribution is -0.0620. The predicted molar refractivity (Wildman–Crippen MR) is 183 cm³/mol. The summed E-state index contributed by atoms with van der Waals surface area (Å²) in [5, 5.41) is 0. The van der Waals surface area contributed by atoms with E-state index >= 15 is 0 Å². The number of fused-ring (bicyclic) bond motifs is 1. The largest absolute Gasteiger partial charge is 0.472 e. The second-order valence-corrected chi connectivity index (χ2v) is 13.5. The van der Waals surface area contributed by atoms with Gasteiger partial charge >= 0.3 is 25.5 Å². The third-order valence-corrected chi connectivity index (χ3v) is 9.52. The molecule has 1 unspecified atom stereocenters. The Morgan fingerprint density at radius 2 is 1.46 bits per heavy atom. The molecule has 0 bridgehead atoms. The first-order valence-electron chi connectivity index (χ1n) is 16.3. The standard InChI is InChI=1S/C32H32N9O12P/c33-30-36-16-41(32(45)39-30)24-12-20(21(50-24)13-48-28(43)17-7-3-1-4-8-17)53-54(46,47)49-14-22-19(52-29(44)18-9-5-2-6-10-18)11-23(51-22)40-15-35-25-26(40)37-31(34)38-27(25)42/h1-10,15-16,19-24H,11-14H2,(H,46,47)(H2,33,39,45)(H3,34,37,38,42)/t19-,20-,21-,22-,23-,24-/m1/s1. The minimum absolute atomic E-state index is 0.00551. The maximum atomic E-state index is 13.5. The van der Waals surface area contributed by atoms with Crippen LogP contribution in [-0.4, -0.2) is 88.5 Å². The van der Waals surface area contributed by atoms with Gasteiger partial charge in [0.25, 0.3) is 5.56 Å². The number of phosphoric acid groups is 1. The predicted octanol–water partition coefficient (Wildman–Crippen LogP) is 1.10. The van der Waals surface area contributed by atoms with Crippen LogP contribution in [0.4, 0.5) is 11.9 Å². The number of benzene rings is 2. The number of esters is 2. The number of hydrogen-bond donors (Lipinski definition) is 4. The molecule has 7 atom stereocenters. The van der Waals surface area contributed by atoms with Crippen molar-refractivity contribution in [1.82, 2.24) is 34.1 Å². The van der Waals surface area contributed by atoms with Gasteiger partial charge in [-0.05, 0) is 24.3 Å². The molecule has 21 nitrogen and oxygen atoms in total. The van der Waals surface area contributed by atoms with Gasteiger partial charge in [0.2, 0.25) is 11.9 Å². The number of nitrogen functional groups attached to an aromatic ring is 2. The summed E-state index contributed by atoms with van der Waals surface area (Å²) < 4.78 is 50.1. The second kappa shape index (κ2) is 15.3. The molecule has 6 N–H and O–H groups in total. The van der Waals surface area contributed by atoms with E-state index in [0.717, 1.165) is 10.9 Å². The molecule has 5 heterocycles. The summed E-state index contributed by atoms with van der Waals surface area (Å²) in [6, 6.07) is 16.2. The number of anilines is 2. The van der Waals surface area contributed by atoms with Crippen molar-refractivity contribution < 1.29 is 47.0 Å².